The largest absolute Gasteiger partial charge is 0.488 e. The average Bonchev–Trinajstić information content (AvgIpc) is 2.96. The maximum absolute atomic E-state index is 12.5. The van der Waals surface area contributed by atoms with Gasteiger partial charge in [-0.05, 0) is 24.0 Å². The summed E-state index contributed by atoms with van der Waals surface area (Å²) in [5.74, 6) is -0.148. The molecular weight excluding hydrogens is 345 g/mol. The zero-order valence-corrected chi connectivity index (χ0v) is 13.0. The van der Waals surface area contributed by atoms with Crippen LogP contribution in [0, 0.1) is 10.1 Å². The van der Waals surface area contributed by atoms with E-state index in [-0.39, 0.29) is 24.2 Å². The highest BCUT2D eigenvalue weighted by Crippen LogP contribution is 2.31. The average molecular weight is 358 g/mol. The minimum atomic E-state index is -4.51. The molecule has 8 nitrogen and oxygen atoms in total. The number of halogens is 3. The molecular formula is C14H13F3N4O4. The topological polar surface area (TPSA) is 92.3 Å². The van der Waals surface area contributed by atoms with Gasteiger partial charge >= 0.3 is 18.0 Å². The van der Waals surface area contributed by atoms with E-state index in [9.17, 15) is 23.3 Å². The molecule has 1 aliphatic rings. The lowest BCUT2D eigenvalue weighted by molar-refractivity contribution is -0.389. The molecule has 0 fully saturated rings. The molecule has 0 N–H and O–H groups in total. The van der Waals surface area contributed by atoms with Crippen molar-refractivity contribution < 1.29 is 27.6 Å². The maximum Gasteiger partial charge on any atom is 0.433 e. The van der Waals surface area contributed by atoms with Crippen LogP contribution in [-0.2, 0) is 12.7 Å². The number of fused-ring (bicyclic) bond motifs is 1. The third-order valence-electron chi connectivity index (χ3n) is 3.70. The van der Waals surface area contributed by atoms with Crippen molar-refractivity contribution in [3.8, 4) is 11.8 Å². The number of alkyl halides is 3. The first-order valence-corrected chi connectivity index (χ1v) is 7.23. The molecule has 3 rings (SSSR count). The van der Waals surface area contributed by atoms with Crippen LogP contribution in [0.15, 0.2) is 24.5 Å². The third-order valence-corrected chi connectivity index (χ3v) is 3.70. The van der Waals surface area contributed by atoms with Gasteiger partial charge in [-0.1, -0.05) is 0 Å². The van der Waals surface area contributed by atoms with Crippen LogP contribution in [0.5, 0.6) is 11.8 Å². The molecule has 0 radical (unpaired) electrons. The van der Waals surface area contributed by atoms with Gasteiger partial charge in [0.2, 0.25) is 0 Å². The number of nitro groups is 1. The Hall–Kier alpha value is -2.85. The molecule has 11 heteroatoms. The third kappa shape index (κ3) is 3.64. The number of ether oxygens (including phenoxy) is 2. The standard InChI is InChI=1S/C14H13F3N4O4/c1-13(4-5-20-7-11(21(22)23)19-12(20)25-13)8-24-9-2-3-10(18-6-9)14(15,16)17/h2-3,6-7H,4-5,8H2,1H3/t13-/m0/s1. The number of hydrogen-bond acceptors (Lipinski definition) is 6. The zero-order chi connectivity index (χ0) is 18.2. The molecule has 25 heavy (non-hydrogen) atoms. The predicted octanol–water partition coefficient (Wildman–Crippen LogP) is 2.83. The van der Waals surface area contributed by atoms with Crippen molar-refractivity contribution in [2.75, 3.05) is 6.61 Å². The molecule has 1 atom stereocenters. The fourth-order valence-corrected chi connectivity index (χ4v) is 2.31. The van der Waals surface area contributed by atoms with Crippen molar-refractivity contribution in [2.45, 2.75) is 31.7 Å². The maximum atomic E-state index is 12.5. The van der Waals surface area contributed by atoms with E-state index in [1.807, 2.05) is 0 Å². The molecule has 0 saturated heterocycles. The van der Waals surface area contributed by atoms with Gasteiger partial charge in [0.15, 0.2) is 0 Å². The summed E-state index contributed by atoms with van der Waals surface area (Å²) in [6.07, 6.45) is -1.75. The zero-order valence-electron chi connectivity index (χ0n) is 13.0. The van der Waals surface area contributed by atoms with Gasteiger partial charge in [-0.15, -0.1) is 0 Å². The molecule has 0 amide bonds. The van der Waals surface area contributed by atoms with Crippen molar-refractivity contribution in [1.29, 1.82) is 0 Å². The fourth-order valence-electron chi connectivity index (χ4n) is 2.31. The lowest BCUT2D eigenvalue weighted by Crippen LogP contribution is -2.43. The highest BCUT2D eigenvalue weighted by atomic mass is 19.4. The van der Waals surface area contributed by atoms with Crippen molar-refractivity contribution in [1.82, 2.24) is 14.5 Å². The Morgan fingerprint density at radius 1 is 1.48 bits per heavy atom. The first-order valence-electron chi connectivity index (χ1n) is 7.23. The summed E-state index contributed by atoms with van der Waals surface area (Å²) in [5.41, 5.74) is -1.83. The highest BCUT2D eigenvalue weighted by molar-refractivity contribution is 5.23. The van der Waals surface area contributed by atoms with Crippen LogP contribution in [0.3, 0.4) is 0 Å². The fraction of sp³-hybridized carbons (Fsp3) is 0.429. The van der Waals surface area contributed by atoms with E-state index in [1.165, 1.54) is 16.8 Å². The molecule has 0 saturated carbocycles. The van der Waals surface area contributed by atoms with E-state index in [0.717, 1.165) is 12.3 Å². The van der Waals surface area contributed by atoms with E-state index in [2.05, 4.69) is 9.97 Å². The minimum absolute atomic E-state index is 0.0285. The first-order chi connectivity index (χ1) is 11.7. The molecule has 3 heterocycles. The first kappa shape index (κ1) is 17.0. The Morgan fingerprint density at radius 2 is 2.24 bits per heavy atom. The second-order valence-electron chi connectivity index (χ2n) is 5.80. The molecule has 2 aromatic rings. The van der Waals surface area contributed by atoms with Crippen LogP contribution in [-0.4, -0.2) is 31.7 Å². The quantitative estimate of drug-likeness (QED) is 0.616. The number of pyridine rings is 1. The van der Waals surface area contributed by atoms with Crippen molar-refractivity contribution in [2.24, 2.45) is 0 Å². The van der Waals surface area contributed by atoms with Gasteiger partial charge in [0.05, 0.1) is 6.20 Å². The number of imidazole rings is 1. The van der Waals surface area contributed by atoms with E-state index in [1.54, 1.807) is 6.92 Å². The van der Waals surface area contributed by atoms with Crippen LogP contribution in [0.4, 0.5) is 19.0 Å². The molecule has 1 aliphatic heterocycles. The van der Waals surface area contributed by atoms with E-state index in [0.29, 0.717) is 13.0 Å². The molecule has 0 bridgehead atoms. The van der Waals surface area contributed by atoms with Crippen molar-refractivity contribution in [3.05, 3.63) is 40.3 Å². The van der Waals surface area contributed by atoms with Crippen LogP contribution >= 0.6 is 0 Å². The van der Waals surface area contributed by atoms with Gasteiger partial charge in [-0.25, -0.2) is 4.98 Å². The van der Waals surface area contributed by atoms with Gasteiger partial charge in [-0.2, -0.15) is 13.2 Å². The Balaban J connectivity index is 1.65. The SMILES string of the molecule is C[C@@]1(COc2ccc(C(F)(F)F)nc2)CCn2cc([N+](=O)[O-])nc2O1. The lowest BCUT2D eigenvalue weighted by atomic mass is 10.0. The van der Waals surface area contributed by atoms with Crippen LogP contribution < -0.4 is 9.47 Å². The van der Waals surface area contributed by atoms with Gasteiger partial charge in [-0.3, -0.25) is 4.57 Å². The summed E-state index contributed by atoms with van der Waals surface area (Å²) in [4.78, 5) is 17.2. The minimum Gasteiger partial charge on any atom is -0.488 e. The smallest absolute Gasteiger partial charge is 0.433 e. The Morgan fingerprint density at radius 3 is 2.84 bits per heavy atom. The Bertz CT molecular complexity index is 790. The summed E-state index contributed by atoms with van der Waals surface area (Å²) in [6, 6.07) is 2.11. The van der Waals surface area contributed by atoms with Crippen LogP contribution in [0.2, 0.25) is 0 Å². The number of aryl methyl sites for hydroxylation is 1. The monoisotopic (exact) mass is 358 g/mol. The molecule has 0 spiro atoms. The van der Waals surface area contributed by atoms with Gasteiger partial charge < -0.3 is 19.6 Å². The lowest BCUT2D eigenvalue weighted by Gasteiger charge is -2.32. The summed E-state index contributed by atoms with van der Waals surface area (Å²) < 4.78 is 50.1. The second kappa shape index (κ2) is 5.90. The highest BCUT2D eigenvalue weighted by Gasteiger charge is 2.37. The Labute approximate surface area is 139 Å². The van der Waals surface area contributed by atoms with Crippen molar-refractivity contribution >= 4 is 5.82 Å². The number of hydrogen-bond donors (Lipinski definition) is 0. The van der Waals surface area contributed by atoms with E-state index < -0.39 is 22.4 Å². The van der Waals surface area contributed by atoms with Crippen LogP contribution in [0.25, 0.3) is 0 Å². The summed E-state index contributed by atoms with van der Waals surface area (Å²) in [7, 11) is 0. The number of rotatable bonds is 4. The normalized spacial score (nSPS) is 19.8. The van der Waals surface area contributed by atoms with E-state index in [4.69, 9.17) is 9.47 Å². The van der Waals surface area contributed by atoms with Crippen LogP contribution in [0.1, 0.15) is 19.0 Å². The molecule has 0 aromatic carbocycles. The second-order valence-corrected chi connectivity index (χ2v) is 5.80. The van der Waals surface area contributed by atoms with Crippen molar-refractivity contribution in [3.63, 3.8) is 0 Å². The molecule has 2 aromatic heterocycles. The predicted molar refractivity (Wildman–Crippen MR) is 77.3 cm³/mol. The van der Waals surface area contributed by atoms with Gasteiger partial charge in [0, 0.05) is 17.9 Å². The molecule has 0 unspecified atom stereocenters. The van der Waals surface area contributed by atoms with E-state index >= 15 is 0 Å². The summed E-state index contributed by atoms with van der Waals surface area (Å²) in [6.45, 7) is 2.20. The Kier molecular flexibility index (Phi) is 4.01. The molecule has 0 aliphatic carbocycles. The van der Waals surface area contributed by atoms with Gasteiger partial charge in [0.1, 0.15) is 29.8 Å². The summed E-state index contributed by atoms with van der Waals surface area (Å²) in [5, 5.41) is 10.8. The summed E-state index contributed by atoms with van der Waals surface area (Å²) >= 11 is 0. The van der Waals surface area contributed by atoms with Gasteiger partial charge in [0.25, 0.3) is 0 Å². The number of aromatic nitrogens is 3. The molecule has 134 valence electrons. The number of nitrogens with zero attached hydrogens (tertiary/aromatic N) is 4.